The molecule has 0 aromatic heterocycles. The van der Waals surface area contributed by atoms with E-state index in [-0.39, 0.29) is 37.6 Å². The Morgan fingerprint density at radius 3 is 1.26 bits per heavy atom. The topological polar surface area (TPSA) is 397 Å². The number of aliphatic carboxylic acids is 5. The van der Waals surface area contributed by atoms with Crippen LogP contribution in [0.25, 0.3) is 0 Å². The van der Waals surface area contributed by atoms with E-state index in [9.17, 15) is 86.6 Å². The third-order valence-electron chi connectivity index (χ3n) is 12.0. The van der Waals surface area contributed by atoms with Crippen LogP contribution in [-0.2, 0) is 60.8 Å². The first-order valence-electron chi connectivity index (χ1n) is 28.1. The van der Waals surface area contributed by atoms with Gasteiger partial charge in [-0.2, -0.15) is 52.7 Å². The van der Waals surface area contributed by atoms with Crippen molar-refractivity contribution in [2.45, 2.75) is 134 Å². The fourth-order valence-electron chi connectivity index (χ4n) is 7.44. The van der Waals surface area contributed by atoms with Crippen molar-refractivity contribution < 1.29 is 126 Å². The monoisotopic (exact) mass is 1350 g/mol. The lowest BCUT2D eigenvalue weighted by atomic mass is 9.98. The fraction of sp³-hybridized carbons (Fsp3) is 0.600. The number of rotatable bonds is 23. The molecular weight excluding hydrogens is 1270 g/mol. The van der Waals surface area contributed by atoms with E-state index >= 15 is 0 Å². The third kappa shape index (κ3) is 42.2. The van der Waals surface area contributed by atoms with Gasteiger partial charge in [-0.15, -0.1) is 0 Å². The summed E-state index contributed by atoms with van der Waals surface area (Å²) in [6.07, 6.45) is -16.6. The number of nitrogens with one attached hydrogen (secondary N) is 8. The molecule has 1 saturated heterocycles. The van der Waals surface area contributed by atoms with Gasteiger partial charge in [0.1, 0.15) is 30.2 Å². The van der Waals surface area contributed by atoms with Gasteiger partial charge in [0, 0.05) is 39.0 Å². The molecule has 15 N–H and O–H groups in total. The van der Waals surface area contributed by atoms with E-state index in [0.717, 1.165) is 57.7 Å². The molecule has 1 aliphatic rings. The zero-order valence-corrected chi connectivity index (χ0v) is 50.4. The minimum atomic E-state index is -5.08. The van der Waals surface area contributed by atoms with E-state index < -0.39 is 114 Å². The molecule has 524 valence electrons. The van der Waals surface area contributed by atoms with Crippen LogP contribution in [0.4, 0.5) is 52.7 Å². The zero-order valence-electron chi connectivity index (χ0n) is 50.4. The summed E-state index contributed by atoms with van der Waals surface area (Å²) in [6.45, 7) is 14.4. The summed E-state index contributed by atoms with van der Waals surface area (Å²) in [5.74, 6) is -15.5. The number of carbonyl (C=O) groups is 10. The second-order valence-corrected chi connectivity index (χ2v) is 20.6. The molecule has 0 spiro atoms. The van der Waals surface area contributed by atoms with Crippen LogP contribution in [0.3, 0.4) is 0 Å². The van der Waals surface area contributed by atoms with Gasteiger partial charge in [0.05, 0.1) is 6.54 Å². The maximum atomic E-state index is 14.1. The summed E-state index contributed by atoms with van der Waals surface area (Å²) in [5, 5.41) is 62.9. The van der Waals surface area contributed by atoms with Crippen LogP contribution in [0, 0.1) is 11.8 Å². The van der Waals surface area contributed by atoms with E-state index in [2.05, 4.69) is 47.4 Å². The summed E-state index contributed by atoms with van der Waals surface area (Å²) in [5.41, 5.74) is 7.23. The Balaban J connectivity index is 0. The highest BCUT2D eigenvalue weighted by Crippen LogP contribution is 2.17. The van der Waals surface area contributed by atoms with E-state index in [1.54, 1.807) is 62.4 Å². The second kappa shape index (κ2) is 44.6. The Morgan fingerprint density at radius 2 is 0.859 bits per heavy atom. The molecular formula is C55H80F12N10O15. The molecule has 0 bridgehead atoms. The van der Waals surface area contributed by atoms with Crippen LogP contribution in [0.2, 0.25) is 0 Å². The average molecular weight is 1350 g/mol. The SMILES string of the molecule is CC(C)C[C@H](NC(=O)[C@H](CCCCN)NC(=O)CN1CCCNCCNCCCNCC1)C(=O)N[C@H](C(=O)N[C@@H](Cc1ccccc1)C(=O)N[C@@H](Cc1ccccc1)C(=O)O)C(C)C.O=C(O)C(F)(F)F.O=C(O)C(F)(F)F.O=C(O)C(F)(F)F.O=C(O)C(F)(F)F. The molecule has 5 atom stereocenters. The van der Waals surface area contributed by atoms with E-state index in [1.807, 2.05) is 26.0 Å². The van der Waals surface area contributed by atoms with Gasteiger partial charge in [-0.25, -0.2) is 24.0 Å². The summed E-state index contributed by atoms with van der Waals surface area (Å²) < 4.78 is 127. The molecule has 92 heavy (non-hydrogen) atoms. The predicted octanol–water partition coefficient (Wildman–Crippen LogP) is 3.21. The number of nitrogens with two attached hydrogens (primary N) is 1. The molecule has 3 rings (SSSR count). The van der Waals surface area contributed by atoms with Crippen LogP contribution in [0.15, 0.2) is 60.7 Å². The summed E-state index contributed by atoms with van der Waals surface area (Å²) >= 11 is 0. The van der Waals surface area contributed by atoms with Gasteiger partial charge in [-0.05, 0) is 94.2 Å². The van der Waals surface area contributed by atoms with Gasteiger partial charge >= 0.3 is 54.6 Å². The fourth-order valence-corrected chi connectivity index (χ4v) is 7.44. The smallest absolute Gasteiger partial charge is 0.480 e. The summed E-state index contributed by atoms with van der Waals surface area (Å²) in [6, 6.07) is 12.4. The van der Waals surface area contributed by atoms with Crippen molar-refractivity contribution in [1.29, 1.82) is 0 Å². The van der Waals surface area contributed by atoms with Crippen molar-refractivity contribution >= 4 is 59.4 Å². The highest BCUT2D eigenvalue weighted by molar-refractivity contribution is 5.96. The molecule has 1 aliphatic heterocycles. The Labute approximate surface area is 520 Å². The number of amides is 5. The van der Waals surface area contributed by atoms with E-state index in [1.165, 1.54) is 0 Å². The zero-order chi connectivity index (χ0) is 71.0. The molecule has 0 saturated carbocycles. The Kier molecular flexibility index (Phi) is 41.7. The third-order valence-corrected chi connectivity index (χ3v) is 12.0. The number of unbranched alkanes of at least 4 members (excludes halogenated alkanes) is 1. The van der Waals surface area contributed by atoms with Crippen LogP contribution in [0.1, 0.15) is 77.3 Å². The van der Waals surface area contributed by atoms with Crippen molar-refractivity contribution in [3.8, 4) is 0 Å². The minimum absolute atomic E-state index is 0.0333. The molecule has 1 heterocycles. The van der Waals surface area contributed by atoms with Crippen molar-refractivity contribution in [2.24, 2.45) is 17.6 Å². The Bertz CT molecular complexity index is 2440. The average Bonchev–Trinajstić information content (AvgIpc) is 1.20. The molecule has 0 radical (unpaired) electrons. The Morgan fingerprint density at radius 1 is 0.478 bits per heavy atom. The number of hydrogen-bond acceptors (Lipinski definition) is 15. The lowest BCUT2D eigenvalue weighted by molar-refractivity contribution is -0.193. The Hall–Kier alpha value is -7.90. The lowest BCUT2D eigenvalue weighted by Crippen LogP contribution is -2.60. The number of carbonyl (C=O) groups excluding carboxylic acids is 5. The quantitative estimate of drug-likeness (QED) is 0.0561. The number of benzene rings is 2. The highest BCUT2D eigenvalue weighted by atomic mass is 19.4. The van der Waals surface area contributed by atoms with E-state index in [4.69, 9.17) is 45.3 Å². The number of hydrogen-bond donors (Lipinski definition) is 14. The number of carboxylic acid groups (broad SMARTS) is 5. The molecule has 0 unspecified atom stereocenters. The highest BCUT2D eigenvalue weighted by Gasteiger charge is 2.41. The van der Waals surface area contributed by atoms with Crippen LogP contribution >= 0.6 is 0 Å². The molecule has 25 nitrogen and oxygen atoms in total. The molecule has 2 aromatic carbocycles. The van der Waals surface area contributed by atoms with Gasteiger partial charge in [0.15, 0.2) is 0 Å². The maximum Gasteiger partial charge on any atom is 0.490 e. The number of carboxylic acids is 5. The minimum Gasteiger partial charge on any atom is -0.480 e. The normalized spacial score (nSPS) is 15.2. The van der Waals surface area contributed by atoms with Gasteiger partial charge in [0.25, 0.3) is 0 Å². The van der Waals surface area contributed by atoms with Crippen LogP contribution in [0.5, 0.6) is 0 Å². The molecule has 1 fully saturated rings. The standard InChI is InChI=1S/C47H76N10O7.4C2HF3O2/c1-33(2)29-38(53-43(59)37(19-11-12-20-48)52-41(58)32-57-27-14-23-50-25-24-49-21-13-22-51-26-28-57)45(61)56-42(34(3)4)46(62)54-39(30-35-15-7-5-8-16-35)44(60)55-40(47(63)64)31-36-17-9-6-10-18-36;4*3-2(4,5)1(6)7/h5-10,15-18,33-34,37-40,42,49-51H,11-14,19-32,48H2,1-4H3,(H,52,58)(H,53,59)(H,54,62)(H,55,60)(H,56,61)(H,63,64);4*(H,6,7)/t37-,38-,39-,40-,42-;;;;/m0..../s1. The second-order valence-electron chi connectivity index (χ2n) is 20.6. The lowest BCUT2D eigenvalue weighted by Gasteiger charge is -2.29. The maximum absolute atomic E-state index is 14.1. The molecule has 0 aliphatic carbocycles. The van der Waals surface area contributed by atoms with Crippen molar-refractivity contribution in [2.75, 3.05) is 65.4 Å². The van der Waals surface area contributed by atoms with Crippen LogP contribution < -0.4 is 48.3 Å². The number of halogens is 12. The summed E-state index contributed by atoms with van der Waals surface area (Å²) in [4.78, 5) is 120. The van der Waals surface area contributed by atoms with Crippen LogP contribution in [-0.4, -0.2) is 210 Å². The first-order valence-corrected chi connectivity index (χ1v) is 28.1. The first kappa shape index (κ1) is 86.2. The van der Waals surface area contributed by atoms with Gasteiger partial charge in [-0.3, -0.25) is 28.9 Å². The van der Waals surface area contributed by atoms with Gasteiger partial charge < -0.3 is 73.8 Å². The van der Waals surface area contributed by atoms with Gasteiger partial charge in [0.2, 0.25) is 29.5 Å². The largest absolute Gasteiger partial charge is 0.490 e. The number of alkyl halides is 12. The van der Waals surface area contributed by atoms with Crippen molar-refractivity contribution in [1.82, 2.24) is 47.4 Å². The first-order chi connectivity index (χ1) is 42.5. The summed E-state index contributed by atoms with van der Waals surface area (Å²) in [7, 11) is 0. The van der Waals surface area contributed by atoms with Gasteiger partial charge in [-0.1, -0.05) is 88.4 Å². The predicted molar refractivity (Wildman–Crippen MR) is 304 cm³/mol. The number of nitrogens with zero attached hydrogens (tertiary/aromatic N) is 1. The molecule has 2 aromatic rings. The van der Waals surface area contributed by atoms with Crippen molar-refractivity contribution in [3.63, 3.8) is 0 Å². The molecule has 5 amide bonds. The van der Waals surface area contributed by atoms with E-state index in [0.29, 0.717) is 44.5 Å². The van der Waals surface area contributed by atoms with Crippen molar-refractivity contribution in [3.05, 3.63) is 71.8 Å². The molecule has 37 heteroatoms.